The summed E-state index contributed by atoms with van der Waals surface area (Å²) in [4.78, 5) is 58.8. The number of rotatable bonds is 6. The Hall–Kier alpha value is -4.36. The maximum atomic E-state index is 13.5. The molecular weight excluding hydrogens is 564 g/mol. The highest BCUT2D eigenvalue weighted by molar-refractivity contribution is 6.31. The largest absolute Gasteiger partial charge is 0.451 e. The second-order valence-electron chi connectivity index (χ2n) is 11.7. The predicted molar refractivity (Wildman–Crippen MR) is 165 cm³/mol. The molecule has 0 N–H and O–H groups in total. The van der Waals surface area contributed by atoms with Crippen LogP contribution in [0.2, 0.25) is 5.02 Å². The molecule has 0 bridgehead atoms. The van der Waals surface area contributed by atoms with Gasteiger partial charge in [0.15, 0.2) is 6.10 Å². The number of benzene rings is 3. The number of hydrogen-bond donors (Lipinski definition) is 0. The van der Waals surface area contributed by atoms with Crippen molar-refractivity contribution in [3.05, 3.63) is 94.5 Å². The summed E-state index contributed by atoms with van der Waals surface area (Å²) in [5.74, 6) is -1.31. The van der Waals surface area contributed by atoms with Gasteiger partial charge in [-0.1, -0.05) is 60.5 Å². The average molecular weight is 595 g/mol. The molecule has 3 aromatic carbocycles. The van der Waals surface area contributed by atoms with E-state index >= 15 is 0 Å². The lowest BCUT2D eigenvalue weighted by Gasteiger charge is -2.25. The van der Waals surface area contributed by atoms with E-state index in [0.717, 1.165) is 24.8 Å². The lowest BCUT2D eigenvalue weighted by atomic mass is 9.76. The Balaban J connectivity index is 1.29. The number of hydrogen-bond acceptors (Lipinski definition) is 6. The van der Waals surface area contributed by atoms with Crippen LogP contribution in [-0.4, -0.2) is 34.7 Å². The second kappa shape index (κ2) is 11.4. The summed E-state index contributed by atoms with van der Waals surface area (Å²) in [7, 11) is 0. The fraction of sp³-hybridized carbons (Fsp3) is 0.286. The molecule has 4 atom stereocenters. The quantitative estimate of drug-likeness (QED) is 0.133. The van der Waals surface area contributed by atoms with Gasteiger partial charge in [-0.2, -0.15) is 0 Å². The number of Topliss-reactive ketones (excluding diaryl/α,β-unsaturated/α-hetero) is 1. The van der Waals surface area contributed by atoms with Crippen LogP contribution in [0.5, 0.6) is 0 Å². The van der Waals surface area contributed by atoms with Crippen LogP contribution in [0.3, 0.4) is 0 Å². The third-order valence-corrected chi connectivity index (χ3v) is 8.82. The van der Waals surface area contributed by atoms with Gasteiger partial charge in [0.05, 0.1) is 34.3 Å². The zero-order valence-electron chi connectivity index (χ0n) is 24.2. The van der Waals surface area contributed by atoms with Gasteiger partial charge in [0.2, 0.25) is 17.6 Å². The molecule has 1 aromatic heterocycles. The number of nitrogens with zero attached hydrogens (tertiary/aromatic N) is 2. The number of halogens is 1. The zero-order valence-corrected chi connectivity index (χ0v) is 24.9. The molecule has 2 fully saturated rings. The molecule has 7 nitrogen and oxygen atoms in total. The predicted octanol–water partition coefficient (Wildman–Crippen LogP) is 7.22. The molecule has 2 heterocycles. The van der Waals surface area contributed by atoms with E-state index < -0.39 is 12.1 Å². The Kier molecular flexibility index (Phi) is 7.61. The summed E-state index contributed by atoms with van der Waals surface area (Å²) < 4.78 is 5.64. The number of carbonyl (C=O) groups excluding carboxylic acids is 4. The van der Waals surface area contributed by atoms with E-state index in [4.69, 9.17) is 21.3 Å². The number of ketones is 1. The van der Waals surface area contributed by atoms with Crippen molar-refractivity contribution in [2.24, 2.45) is 17.8 Å². The van der Waals surface area contributed by atoms with Gasteiger partial charge in [-0.3, -0.25) is 19.3 Å². The van der Waals surface area contributed by atoms with Crippen LogP contribution in [0.15, 0.2) is 72.8 Å². The van der Waals surface area contributed by atoms with E-state index in [2.05, 4.69) is 6.92 Å². The lowest BCUT2D eigenvalue weighted by Crippen LogP contribution is -2.30. The number of esters is 1. The average Bonchev–Trinajstić information content (AvgIpc) is 3.25. The fourth-order valence-corrected chi connectivity index (χ4v) is 6.34. The van der Waals surface area contributed by atoms with Gasteiger partial charge >= 0.3 is 5.97 Å². The first-order chi connectivity index (χ1) is 20.6. The van der Waals surface area contributed by atoms with Crippen molar-refractivity contribution in [1.29, 1.82) is 0 Å². The SMILES string of the molecule is Cc1ccc(C(=O)C(C)OC(=O)c2cc(-c3ccc(N4C(=O)C5CCC(C)CC5C4=O)cc3)nc3ccc(Cl)cc23)cc1. The van der Waals surface area contributed by atoms with E-state index in [1.54, 1.807) is 67.6 Å². The summed E-state index contributed by atoms with van der Waals surface area (Å²) >= 11 is 6.26. The number of ether oxygens (including phenoxy) is 1. The van der Waals surface area contributed by atoms with E-state index in [1.165, 1.54) is 4.90 Å². The summed E-state index contributed by atoms with van der Waals surface area (Å²) in [6.45, 7) is 5.61. The normalized spacial score (nSPS) is 20.7. The highest BCUT2D eigenvalue weighted by Crippen LogP contribution is 2.42. The third-order valence-electron chi connectivity index (χ3n) is 8.59. The van der Waals surface area contributed by atoms with Gasteiger partial charge in [-0.05, 0) is 75.4 Å². The molecule has 1 saturated heterocycles. The topological polar surface area (TPSA) is 93.6 Å². The van der Waals surface area contributed by atoms with Crippen molar-refractivity contribution in [2.45, 2.75) is 46.1 Å². The second-order valence-corrected chi connectivity index (χ2v) is 12.1. The summed E-state index contributed by atoms with van der Waals surface area (Å²) in [6.07, 6.45) is 1.42. The molecule has 4 aromatic rings. The summed E-state index contributed by atoms with van der Waals surface area (Å²) in [5.41, 5.74) is 3.93. The Morgan fingerprint density at radius 1 is 0.930 bits per heavy atom. The molecule has 1 saturated carbocycles. The first-order valence-electron chi connectivity index (χ1n) is 14.5. The summed E-state index contributed by atoms with van der Waals surface area (Å²) in [5, 5.41) is 0.928. The number of carbonyl (C=O) groups is 4. The number of imide groups is 1. The van der Waals surface area contributed by atoms with E-state index in [-0.39, 0.29) is 35.0 Å². The molecule has 218 valence electrons. The number of amides is 2. The van der Waals surface area contributed by atoms with Crippen LogP contribution in [0.1, 0.15) is 59.4 Å². The monoisotopic (exact) mass is 594 g/mol. The van der Waals surface area contributed by atoms with Crippen LogP contribution in [-0.2, 0) is 14.3 Å². The van der Waals surface area contributed by atoms with Gasteiger partial charge in [-0.15, -0.1) is 0 Å². The number of pyridine rings is 1. The highest BCUT2D eigenvalue weighted by Gasteiger charge is 2.49. The molecule has 1 aliphatic carbocycles. The minimum absolute atomic E-state index is 0.130. The van der Waals surface area contributed by atoms with Gasteiger partial charge in [0.25, 0.3) is 0 Å². The molecule has 4 unspecified atom stereocenters. The van der Waals surface area contributed by atoms with Crippen molar-refractivity contribution in [2.75, 3.05) is 4.90 Å². The molecule has 1 aliphatic heterocycles. The standard InChI is InChI=1S/C35H31ClN2O5/c1-19-4-7-23(8-5-19)32(39)21(3)43-35(42)29-18-31(37-30-15-11-24(36)17-27(29)30)22-9-12-25(13-10-22)38-33(40)26-14-6-20(2)16-28(26)34(38)41/h4-5,7-13,15,17-18,20-21,26,28H,6,14,16H2,1-3H3. The fourth-order valence-electron chi connectivity index (χ4n) is 6.17. The van der Waals surface area contributed by atoms with Crippen LogP contribution in [0, 0.1) is 24.7 Å². The van der Waals surface area contributed by atoms with Crippen molar-refractivity contribution >= 4 is 51.8 Å². The number of anilines is 1. The minimum Gasteiger partial charge on any atom is -0.451 e. The lowest BCUT2D eigenvalue weighted by molar-refractivity contribution is -0.122. The number of aryl methyl sites for hydroxylation is 1. The Morgan fingerprint density at radius 3 is 2.35 bits per heavy atom. The number of aromatic nitrogens is 1. The molecule has 2 amide bonds. The first kappa shape index (κ1) is 28.7. The minimum atomic E-state index is -1.01. The van der Waals surface area contributed by atoms with Crippen LogP contribution < -0.4 is 4.90 Å². The Morgan fingerprint density at radius 2 is 1.63 bits per heavy atom. The van der Waals surface area contributed by atoms with Crippen LogP contribution in [0.25, 0.3) is 22.2 Å². The molecule has 8 heteroatoms. The van der Waals surface area contributed by atoms with Gasteiger partial charge in [-0.25, -0.2) is 9.78 Å². The van der Waals surface area contributed by atoms with Gasteiger partial charge in [0, 0.05) is 21.5 Å². The highest BCUT2D eigenvalue weighted by atomic mass is 35.5. The van der Waals surface area contributed by atoms with E-state index in [0.29, 0.717) is 44.4 Å². The molecule has 2 aliphatic rings. The molecule has 0 radical (unpaired) electrons. The van der Waals surface area contributed by atoms with Crippen molar-refractivity contribution in [3.8, 4) is 11.3 Å². The maximum Gasteiger partial charge on any atom is 0.339 e. The summed E-state index contributed by atoms with van der Waals surface area (Å²) in [6, 6.07) is 20.8. The molecular formula is C35H31ClN2O5. The Labute approximate surface area is 254 Å². The maximum absolute atomic E-state index is 13.5. The van der Waals surface area contributed by atoms with Crippen molar-refractivity contribution in [1.82, 2.24) is 4.98 Å². The third kappa shape index (κ3) is 5.45. The van der Waals surface area contributed by atoms with E-state index in [1.807, 2.05) is 19.1 Å². The van der Waals surface area contributed by atoms with Gasteiger partial charge < -0.3 is 4.74 Å². The smallest absolute Gasteiger partial charge is 0.339 e. The van der Waals surface area contributed by atoms with Gasteiger partial charge in [0.1, 0.15) is 0 Å². The first-order valence-corrected chi connectivity index (χ1v) is 14.9. The zero-order chi connectivity index (χ0) is 30.4. The van der Waals surface area contributed by atoms with Crippen molar-refractivity contribution in [3.63, 3.8) is 0 Å². The number of fused-ring (bicyclic) bond motifs is 2. The van der Waals surface area contributed by atoms with E-state index in [9.17, 15) is 19.2 Å². The van der Waals surface area contributed by atoms with Crippen LogP contribution >= 0.6 is 11.6 Å². The molecule has 6 rings (SSSR count). The van der Waals surface area contributed by atoms with Crippen LogP contribution in [0.4, 0.5) is 5.69 Å². The van der Waals surface area contributed by atoms with Crippen molar-refractivity contribution < 1.29 is 23.9 Å². The molecule has 0 spiro atoms. The molecule has 43 heavy (non-hydrogen) atoms. The Bertz CT molecular complexity index is 1770.